The molecule has 1 aromatic carbocycles. The highest BCUT2D eigenvalue weighted by Crippen LogP contribution is 2.36. The molecular formula is C27H28FN7O5S. The van der Waals surface area contributed by atoms with Crippen molar-refractivity contribution < 1.29 is 27.1 Å². The van der Waals surface area contributed by atoms with Crippen molar-refractivity contribution in [1.82, 2.24) is 34.6 Å². The Morgan fingerprint density at radius 2 is 1.68 bits per heavy atom. The maximum Gasteiger partial charge on any atom is 0.272 e. The molecule has 0 bridgehead atoms. The van der Waals surface area contributed by atoms with E-state index in [1.807, 2.05) is 0 Å². The first-order valence-electron chi connectivity index (χ1n) is 12.8. The minimum Gasteiger partial charge on any atom is -0.494 e. The number of para-hydroxylation sites is 1. The summed E-state index contributed by atoms with van der Waals surface area (Å²) in [7, 11) is -0.888. The number of rotatable bonds is 10. The van der Waals surface area contributed by atoms with E-state index in [4.69, 9.17) is 9.47 Å². The number of carbonyl (C=O) groups is 1. The van der Waals surface area contributed by atoms with E-state index >= 15 is 0 Å². The normalized spacial score (nSPS) is 13.9. The number of likely N-dealkylation sites (tertiary alicyclic amines) is 1. The van der Waals surface area contributed by atoms with Crippen LogP contribution in [-0.4, -0.2) is 81.5 Å². The Hall–Kier alpha value is -4.46. The Labute approximate surface area is 236 Å². The van der Waals surface area contributed by atoms with Gasteiger partial charge in [0.2, 0.25) is 0 Å². The zero-order valence-corrected chi connectivity index (χ0v) is 23.5. The molecule has 14 heteroatoms. The third-order valence-corrected chi connectivity index (χ3v) is 8.84. The molecule has 0 aliphatic carbocycles. The average molecular weight is 582 g/mol. The Kier molecular flexibility index (Phi) is 7.92. The highest BCUT2D eigenvalue weighted by molar-refractivity contribution is 7.91. The number of methoxy groups -OCH3 is 2. The van der Waals surface area contributed by atoms with Crippen LogP contribution in [0.15, 0.2) is 48.8 Å². The summed E-state index contributed by atoms with van der Waals surface area (Å²) in [5.74, 6) is -0.0749. The fraction of sp³-hybridized carbons (Fsp3) is 0.333. The third kappa shape index (κ3) is 5.73. The van der Waals surface area contributed by atoms with Gasteiger partial charge in [-0.2, -0.15) is 0 Å². The summed E-state index contributed by atoms with van der Waals surface area (Å²) >= 11 is 0. The van der Waals surface area contributed by atoms with Gasteiger partial charge in [-0.25, -0.2) is 27.8 Å². The van der Waals surface area contributed by atoms with Gasteiger partial charge in [0.15, 0.2) is 27.3 Å². The highest BCUT2D eigenvalue weighted by Gasteiger charge is 2.30. The van der Waals surface area contributed by atoms with E-state index in [0.717, 1.165) is 18.8 Å². The average Bonchev–Trinajstić information content (AvgIpc) is 3.35. The molecular weight excluding hydrogens is 553 g/mol. The highest BCUT2D eigenvalue weighted by atomic mass is 32.2. The number of benzene rings is 1. The first kappa shape index (κ1) is 28.1. The summed E-state index contributed by atoms with van der Waals surface area (Å²) in [4.78, 5) is 26.9. The molecule has 12 nitrogen and oxygen atoms in total. The van der Waals surface area contributed by atoms with E-state index in [-0.39, 0.29) is 35.5 Å². The van der Waals surface area contributed by atoms with Crippen LogP contribution in [0.25, 0.3) is 17.2 Å². The molecule has 0 saturated carbocycles. The van der Waals surface area contributed by atoms with Gasteiger partial charge in [0.25, 0.3) is 5.91 Å². The van der Waals surface area contributed by atoms with Crippen LogP contribution in [0.1, 0.15) is 35.5 Å². The first-order valence-corrected chi connectivity index (χ1v) is 14.5. The topological polar surface area (TPSA) is 142 Å². The van der Waals surface area contributed by atoms with E-state index in [1.165, 1.54) is 25.7 Å². The molecule has 3 aromatic heterocycles. The lowest BCUT2D eigenvalue weighted by Crippen LogP contribution is -2.42. The predicted octanol–water partition coefficient (Wildman–Crippen LogP) is 2.67. The lowest BCUT2D eigenvalue weighted by atomic mass is 10.2. The number of nitrogens with zero attached hydrogens (tertiary/aromatic N) is 7. The van der Waals surface area contributed by atoms with Crippen LogP contribution in [0, 0.1) is 5.82 Å². The Bertz CT molecular complexity index is 1650. The molecule has 1 aliphatic rings. The number of carbonyl (C=O) groups excluding carboxylic acids is 1. The van der Waals surface area contributed by atoms with Crippen LogP contribution in [0.3, 0.4) is 0 Å². The van der Waals surface area contributed by atoms with Crippen LogP contribution in [0.4, 0.5) is 4.39 Å². The molecule has 0 spiro atoms. The Balaban J connectivity index is 1.59. The van der Waals surface area contributed by atoms with Crippen LogP contribution in [0.5, 0.6) is 11.5 Å². The maximum absolute atomic E-state index is 13.5. The molecule has 1 fully saturated rings. The number of sulfone groups is 1. The van der Waals surface area contributed by atoms with Crippen molar-refractivity contribution in [2.24, 2.45) is 0 Å². The number of amides is 1. The fourth-order valence-electron chi connectivity index (χ4n) is 4.37. The second-order valence-electron chi connectivity index (χ2n) is 9.48. The van der Waals surface area contributed by atoms with Gasteiger partial charge in [0.05, 0.1) is 31.9 Å². The number of ether oxygens (including phenoxy) is 2. The molecule has 0 radical (unpaired) electrons. The largest absolute Gasteiger partial charge is 0.494 e. The summed E-state index contributed by atoms with van der Waals surface area (Å²) in [6.45, 7) is 2.87. The van der Waals surface area contributed by atoms with Crippen molar-refractivity contribution in [2.45, 2.75) is 30.8 Å². The fourth-order valence-corrected chi connectivity index (χ4v) is 5.61. The lowest BCUT2D eigenvalue weighted by molar-refractivity contribution is 0.0646. The van der Waals surface area contributed by atoms with Crippen molar-refractivity contribution >= 4 is 15.7 Å². The van der Waals surface area contributed by atoms with E-state index in [2.05, 4.69) is 25.1 Å². The molecule has 1 amide bonds. The number of halogens is 1. The third-order valence-electron chi connectivity index (χ3n) is 6.78. The van der Waals surface area contributed by atoms with Crippen LogP contribution in [0.2, 0.25) is 0 Å². The molecule has 1 saturated heterocycles. The first-order chi connectivity index (χ1) is 19.7. The summed E-state index contributed by atoms with van der Waals surface area (Å²) in [5, 5.41) is 7.64. The van der Waals surface area contributed by atoms with Crippen molar-refractivity contribution in [3.63, 3.8) is 0 Å². The monoisotopic (exact) mass is 581 g/mol. The van der Waals surface area contributed by atoms with E-state index in [9.17, 15) is 17.6 Å². The maximum atomic E-state index is 13.5. The number of pyridine rings is 1. The molecule has 4 aromatic rings. The second kappa shape index (κ2) is 11.6. The van der Waals surface area contributed by atoms with Gasteiger partial charge in [-0.05, 0) is 37.6 Å². The number of aromatic nitrogens is 6. The molecule has 0 unspecified atom stereocenters. The van der Waals surface area contributed by atoms with Crippen molar-refractivity contribution in [1.29, 1.82) is 0 Å². The van der Waals surface area contributed by atoms with E-state index in [1.54, 1.807) is 41.3 Å². The van der Waals surface area contributed by atoms with Gasteiger partial charge >= 0.3 is 0 Å². The standard InChI is InChI=1S/C27H28FN7O5S/c1-17(13-23-29-14-18(28)15-30-23)41(37,38)16-24-32-33-26(35(24)25-21(39-2)9-5-10-22(25)40-3)19-7-4-8-20(31-19)27(36)34-11-6-12-34/h4-5,7-10,14-15,17H,6,11-13,16H2,1-3H3/t17-/m1/s1. The zero-order chi connectivity index (χ0) is 29.1. The van der Waals surface area contributed by atoms with Crippen molar-refractivity contribution in [3.05, 3.63) is 72.0 Å². The lowest BCUT2D eigenvalue weighted by Gasteiger charge is -2.30. The quantitative estimate of drug-likeness (QED) is 0.274. The minimum absolute atomic E-state index is 0.0240. The summed E-state index contributed by atoms with van der Waals surface area (Å²) in [5.41, 5.74) is 0.928. The Morgan fingerprint density at radius 1 is 1.02 bits per heavy atom. The molecule has 41 heavy (non-hydrogen) atoms. The van der Waals surface area contributed by atoms with Crippen molar-refractivity contribution in [2.75, 3.05) is 27.3 Å². The number of hydrogen-bond donors (Lipinski definition) is 0. The van der Waals surface area contributed by atoms with E-state index < -0.39 is 26.7 Å². The molecule has 5 rings (SSSR count). The van der Waals surface area contributed by atoms with Crippen molar-refractivity contribution in [3.8, 4) is 28.7 Å². The molecule has 214 valence electrons. The summed E-state index contributed by atoms with van der Waals surface area (Å²) in [6.07, 6.45) is 2.90. The van der Waals surface area contributed by atoms with Gasteiger partial charge in [0, 0.05) is 19.5 Å². The molecule has 4 heterocycles. The zero-order valence-electron chi connectivity index (χ0n) is 22.7. The predicted molar refractivity (Wildman–Crippen MR) is 146 cm³/mol. The summed E-state index contributed by atoms with van der Waals surface area (Å²) in [6, 6.07) is 10.1. The molecule has 0 N–H and O–H groups in total. The Morgan fingerprint density at radius 3 is 2.29 bits per heavy atom. The smallest absolute Gasteiger partial charge is 0.272 e. The SMILES string of the molecule is COc1cccc(OC)c1-n1c(CS(=O)(=O)[C@H](C)Cc2ncc(F)cn2)nnc1-c1cccc(C(=O)N2CCC2)n1. The van der Waals surface area contributed by atoms with Gasteiger partial charge in [0.1, 0.15) is 40.2 Å². The molecule has 1 aliphatic heterocycles. The van der Waals surface area contributed by atoms with Gasteiger partial charge in [-0.15, -0.1) is 10.2 Å². The van der Waals surface area contributed by atoms with Crippen LogP contribution < -0.4 is 9.47 Å². The van der Waals surface area contributed by atoms with Gasteiger partial charge in [-0.1, -0.05) is 12.1 Å². The minimum atomic E-state index is -3.85. The van der Waals surface area contributed by atoms with E-state index in [0.29, 0.717) is 36.0 Å². The van der Waals surface area contributed by atoms with Crippen LogP contribution in [-0.2, 0) is 22.0 Å². The molecule has 1 atom stereocenters. The van der Waals surface area contributed by atoms with Gasteiger partial charge in [-0.3, -0.25) is 9.36 Å². The second-order valence-corrected chi connectivity index (χ2v) is 11.9. The summed E-state index contributed by atoms with van der Waals surface area (Å²) < 4.78 is 53.0. The van der Waals surface area contributed by atoms with Gasteiger partial charge < -0.3 is 14.4 Å². The van der Waals surface area contributed by atoms with Crippen LogP contribution >= 0.6 is 0 Å². The number of hydrogen-bond acceptors (Lipinski definition) is 10.